The largest absolute Gasteiger partial charge is 0.374 e. The number of nitrogen functional groups attached to an aromatic ring is 1. The van der Waals surface area contributed by atoms with Gasteiger partial charge in [0.15, 0.2) is 0 Å². The first kappa shape index (κ1) is 11.8. The molecular formula is C11H20N4S. The van der Waals surface area contributed by atoms with E-state index in [2.05, 4.69) is 28.9 Å². The van der Waals surface area contributed by atoms with Crippen LogP contribution in [-0.4, -0.2) is 28.2 Å². The van der Waals surface area contributed by atoms with Crippen molar-refractivity contribution in [2.24, 2.45) is 11.8 Å². The van der Waals surface area contributed by atoms with Gasteiger partial charge in [0.25, 0.3) is 0 Å². The third kappa shape index (κ3) is 2.92. The Balaban J connectivity index is 1.81. The lowest BCUT2D eigenvalue weighted by molar-refractivity contribution is 0.151. The number of nitrogens with two attached hydrogens (primary N) is 1. The smallest absolute Gasteiger partial charge is 0.203 e. The lowest BCUT2D eigenvalue weighted by Crippen LogP contribution is -2.34. The van der Waals surface area contributed by atoms with E-state index in [0.29, 0.717) is 5.13 Å². The van der Waals surface area contributed by atoms with Crippen molar-refractivity contribution in [2.45, 2.75) is 33.2 Å². The Morgan fingerprint density at radius 3 is 2.56 bits per heavy atom. The Bertz CT molecular complexity index is 328. The molecule has 0 bridgehead atoms. The fraction of sp³-hybridized carbons (Fsp3) is 0.818. The Hall–Kier alpha value is -0.680. The van der Waals surface area contributed by atoms with Gasteiger partial charge in [-0.15, -0.1) is 10.2 Å². The molecule has 2 rings (SSSR count). The molecule has 1 aliphatic heterocycles. The number of nitrogens with zero attached hydrogens (tertiary/aromatic N) is 3. The molecule has 1 aliphatic rings. The topological polar surface area (TPSA) is 55.0 Å². The van der Waals surface area contributed by atoms with E-state index < -0.39 is 0 Å². The molecule has 0 aromatic carbocycles. The number of likely N-dealkylation sites (tertiary alicyclic amines) is 1. The average Bonchev–Trinajstić information content (AvgIpc) is 2.65. The van der Waals surface area contributed by atoms with Crippen molar-refractivity contribution in [1.29, 1.82) is 0 Å². The molecule has 1 saturated heterocycles. The first-order chi connectivity index (χ1) is 7.65. The van der Waals surface area contributed by atoms with Crippen LogP contribution in [0.25, 0.3) is 0 Å². The molecule has 0 amide bonds. The predicted molar refractivity (Wildman–Crippen MR) is 67.2 cm³/mol. The number of anilines is 1. The minimum atomic E-state index is 0.576. The zero-order valence-corrected chi connectivity index (χ0v) is 10.8. The van der Waals surface area contributed by atoms with Gasteiger partial charge >= 0.3 is 0 Å². The van der Waals surface area contributed by atoms with Crippen LogP contribution >= 0.6 is 11.3 Å². The van der Waals surface area contributed by atoms with Crippen LogP contribution in [0.15, 0.2) is 0 Å². The third-order valence-corrected chi connectivity index (χ3v) is 4.15. The second-order valence-corrected chi connectivity index (χ2v) is 5.99. The predicted octanol–water partition coefficient (Wildman–Crippen LogP) is 1.99. The summed E-state index contributed by atoms with van der Waals surface area (Å²) in [6.07, 6.45) is 2.62. The van der Waals surface area contributed by atoms with Crippen LogP contribution in [-0.2, 0) is 6.54 Å². The first-order valence-corrected chi connectivity index (χ1v) is 6.77. The summed E-state index contributed by atoms with van der Waals surface area (Å²) in [5, 5.41) is 9.53. The molecule has 0 atom stereocenters. The van der Waals surface area contributed by atoms with Crippen LogP contribution in [0.2, 0.25) is 0 Å². The molecule has 0 saturated carbocycles. The number of hydrogen-bond donors (Lipinski definition) is 1. The number of hydrogen-bond acceptors (Lipinski definition) is 5. The van der Waals surface area contributed by atoms with Gasteiger partial charge in [-0.05, 0) is 37.8 Å². The van der Waals surface area contributed by atoms with E-state index in [1.54, 1.807) is 0 Å². The summed E-state index contributed by atoms with van der Waals surface area (Å²) in [5.41, 5.74) is 5.57. The van der Waals surface area contributed by atoms with E-state index >= 15 is 0 Å². The van der Waals surface area contributed by atoms with E-state index in [-0.39, 0.29) is 0 Å². The molecule has 0 spiro atoms. The molecule has 90 valence electrons. The third-order valence-electron chi connectivity index (χ3n) is 3.42. The maximum atomic E-state index is 5.57. The molecular weight excluding hydrogens is 220 g/mol. The van der Waals surface area contributed by atoms with Crippen molar-refractivity contribution >= 4 is 16.5 Å². The van der Waals surface area contributed by atoms with E-state index in [9.17, 15) is 0 Å². The van der Waals surface area contributed by atoms with Gasteiger partial charge in [-0.2, -0.15) is 0 Å². The van der Waals surface area contributed by atoms with Crippen LogP contribution in [0, 0.1) is 11.8 Å². The van der Waals surface area contributed by atoms with Gasteiger partial charge in [-0.1, -0.05) is 25.2 Å². The summed E-state index contributed by atoms with van der Waals surface area (Å²) in [7, 11) is 0. The van der Waals surface area contributed by atoms with Gasteiger partial charge in [0.05, 0.1) is 6.54 Å². The standard InChI is InChI=1S/C11H20N4S/c1-8(2)9-3-5-15(6-4-9)7-10-13-14-11(12)16-10/h8-9H,3-7H2,1-2H3,(H2,12,14). The highest BCUT2D eigenvalue weighted by atomic mass is 32.1. The van der Waals surface area contributed by atoms with Gasteiger partial charge < -0.3 is 5.73 Å². The molecule has 1 aromatic rings. The molecule has 2 N–H and O–H groups in total. The molecule has 2 heterocycles. The highest BCUT2D eigenvalue weighted by Crippen LogP contribution is 2.25. The zero-order valence-electron chi connectivity index (χ0n) is 10.0. The minimum absolute atomic E-state index is 0.576. The molecule has 0 radical (unpaired) electrons. The molecule has 16 heavy (non-hydrogen) atoms. The van der Waals surface area contributed by atoms with Gasteiger partial charge in [-0.3, -0.25) is 4.90 Å². The Labute approximate surface area is 101 Å². The lowest BCUT2D eigenvalue weighted by Gasteiger charge is -2.33. The normalized spacial score (nSPS) is 19.4. The van der Waals surface area contributed by atoms with Crippen LogP contribution in [0.5, 0.6) is 0 Å². The summed E-state index contributed by atoms with van der Waals surface area (Å²) in [5.74, 6) is 1.72. The van der Waals surface area contributed by atoms with E-state index in [1.165, 1.54) is 37.3 Å². The fourth-order valence-electron chi connectivity index (χ4n) is 2.30. The monoisotopic (exact) mass is 240 g/mol. The second kappa shape index (κ2) is 5.10. The van der Waals surface area contributed by atoms with Gasteiger partial charge in [0.1, 0.15) is 5.01 Å². The molecule has 5 heteroatoms. The number of rotatable bonds is 3. The molecule has 0 unspecified atom stereocenters. The van der Waals surface area contributed by atoms with E-state index in [1.807, 2.05) is 0 Å². The summed E-state index contributed by atoms with van der Waals surface area (Å²) < 4.78 is 0. The molecule has 1 fully saturated rings. The maximum absolute atomic E-state index is 5.57. The SMILES string of the molecule is CC(C)C1CCN(Cc2nnc(N)s2)CC1. The van der Waals surface area contributed by atoms with Gasteiger partial charge in [0.2, 0.25) is 5.13 Å². The number of piperidine rings is 1. The first-order valence-electron chi connectivity index (χ1n) is 5.95. The Morgan fingerprint density at radius 2 is 2.06 bits per heavy atom. The van der Waals surface area contributed by atoms with Crippen molar-refractivity contribution in [3.05, 3.63) is 5.01 Å². The number of aromatic nitrogens is 2. The van der Waals surface area contributed by atoms with Crippen LogP contribution in [0.1, 0.15) is 31.7 Å². The van der Waals surface area contributed by atoms with E-state index in [4.69, 9.17) is 5.73 Å². The van der Waals surface area contributed by atoms with Crippen molar-refractivity contribution in [3.8, 4) is 0 Å². The van der Waals surface area contributed by atoms with Crippen LogP contribution in [0.3, 0.4) is 0 Å². The van der Waals surface area contributed by atoms with Crippen molar-refractivity contribution in [2.75, 3.05) is 18.8 Å². The summed E-state index contributed by atoms with van der Waals surface area (Å²) in [4.78, 5) is 2.46. The minimum Gasteiger partial charge on any atom is -0.374 e. The zero-order chi connectivity index (χ0) is 11.5. The van der Waals surface area contributed by atoms with Crippen LogP contribution < -0.4 is 5.73 Å². The van der Waals surface area contributed by atoms with E-state index in [0.717, 1.165) is 23.4 Å². The summed E-state index contributed by atoms with van der Waals surface area (Å²) in [6.45, 7) is 7.93. The van der Waals surface area contributed by atoms with Crippen molar-refractivity contribution < 1.29 is 0 Å². The Morgan fingerprint density at radius 1 is 1.38 bits per heavy atom. The summed E-state index contributed by atoms with van der Waals surface area (Å²) >= 11 is 1.50. The highest BCUT2D eigenvalue weighted by Gasteiger charge is 2.22. The quantitative estimate of drug-likeness (QED) is 0.878. The van der Waals surface area contributed by atoms with Crippen molar-refractivity contribution in [3.63, 3.8) is 0 Å². The average molecular weight is 240 g/mol. The second-order valence-electron chi connectivity index (χ2n) is 4.89. The fourth-order valence-corrected chi connectivity index (χ4v) is 2.95. The van der Waals surface area contributed by atoms with Gasteiger partial charge in [0, 0.05) is 0 Å². The van der Waals surface area contributed by atoms with Crippen molar-refractivity contribution in [1.82, 2.24) is 15.1 Å². The lowest BCUT2D eigenvalue weighted by atomic mass is 9.87. The maximum Gasteiger partial charge on any atom is 0.203 e. The molecule has 0 aliphatic carbocycles. The Kier molecular flexibility index (Phi) is 3.76. The highest BCUT2D eigenvalue weighted by molar-refractivity contribution is 7.15. The molecule has 1 aromatic heterocycles. The summed E-state index contributed by atoms with van der Waals surface area (Å²) in [6, 6.07) is 0. The van der Waals surface area contributed by atoms with Crippen LogP contribution in [0.4, 0.5) is 5.13 Å². The molecule has 4 nitrogen and oxygen atoms in total. The van der Waals surface area contributed by atoms with Gasteiger partial charge in [-0.25, -0.2) is 0 Å².